The van der Waals surface area contributed by atoms with Crippen LogP contribution in [-0.4, -0.2) is 23.7 Å². The van der Waals surface area contributed by atoms with Gasteiger partial charge in [-0.25, -0.2) is 9.97 Å². The Bertz CT molecular complexity index is 186. The molecule has 10 heavy (non-hydrogen) atoms. The highest BCUT2D eigenvalue weighted by Crippen LogP contribution is 2.01. The quantitative estimate of drug-likeness (QED) is 0.576. The van der Waals surface area contributed by atoms with Crippen LogP contribution >= 0.6 is 0 Å². The van der Waals surface area contributed by atoms with E-state index < -0.39 is 0 Å². The van der Waals surface area contributed by atoms with Gasteiger partial charge in [-0.15, -0.1) is 0 Å². The lowest BCUT2D eigenvalue weighted by Gasteiger charge is -2.13. The maximum atomic E-state index is 5.37. The summed E-state index contributed by atoms with van der Waals surface area (Å²) in [5.74, 6) is 0.845. The van der Waals surface area contributed by atoms with Crippen molar-refractivity contribution >= 4 is 5.82 Å². The molecular formula is C6H10N4. The van der Waals surface area contributed by atoms with Crippen LogP contribution in [0, 0.1) is 0 Å². The number of aromatic nitrogens is 2. The fourth-order valence-corrected chi connectivity index (χ4v) is 0.603. The van der Waals surface area contributed by atoms with E-state index in [2.05, 4.69) is 9.97 Å². The van der Waals surface area contributed by atoms with Gasteiger partial charge in [-0.3, -0.25) is 0 Å². The average Bonchev–Trinajstić information content (AvgIpc) is 2.05. The van der Waals surface area contributed by atoms with E-state index in [1.165, 1.54) is 6.33 Å². The second-order valence-corrected chi connectivity index (χ2v) is 1.95. The Kier molecular flexibility index (Phi) is 2.17. The number of nitrogens with two attached hydrogens (primary N) is 1. The van der Waals surface area contributed by atoms with E-state index in [-0.39, 0.29) is 0 Å². The Hall–Kier alpha value is -1.16. The lowest BCUT2D eigenvalue weighted by molar-refractivity contribution is 0.901. The van der Waals surface area contributed by atoms with Gasteiger partial charge < -0.3 is 10.6 Å². The molecule has 4 nitrogen and oxygen atoms in total. The minimum atomic E-state index is 0.469. The van der Waals surface area contributed by atoms with Gasteiger partial charge in [-0.2, -0.15) is 0 Å². The van der Waals surface area contributed by atoms with Crippen molar-refractivity contribution in [2.75, 3.05) is 18.6 Å². The Balaban J connectivity index is 2.75. The molecule has 0 unspecified atom stereocenters. The molecule has 2 N–H and O–H groups in total. The van der Waals surface area contributed by atoms with Gasteiger partial charge in [-0.1, -0.05) is 0 Å². The van der Waals surface area contributed by atoms with Crippen LogP contribution in [0.2, 0.25) is 0 Å². The molecule has 0 aliphatic heterocycles. The second-order valence-electron chi connectivity index (χ2n) is 1.95. The van der Waals surface area contributed by atoms with E-state index in [1.807, 2.05) is 18.0 Å². The zero-order valence-electron chi connectivity index (χ0n) is 5.86. The van der Waals surface area contributed by atoms with E-state index in [1.54, 1.807) is 6.20 Å². The number of rotatable bonds is 2. The summed E-state index contributed by atoms with van der Waals surface area (Å²) < 4.78 is 0. The summed E-state index contributed by atoms with van der Waals surface area (Å²) >= 11 is 0. The van der Waals surface area contributed by atoms with E-state index in [9.17, 15) is 0 Å². The second kappa shape index (κ2) is 3.12. The van der Waals surface area contributed by atoms with Gasteiger partial charge in [0.25, 0.3) is 0 Å². The molecule has 0 aliphatic rings. The smallest absolute Gasteiger partial charge is 0.132 e. The van der Waals surface area contributed by atoms with Gasteiger partial charge >= 0.3 is 0 Å². The van der Waals surface area contributed by atoms with Crippen molar-refractivity contribution in [3.05, 3.63) is 18.6 Å². The van der Waals surface area contributed by atoms with Crippen molar-refractivity contribution < 1.29 is 0 Å². The molecule has 1 aromatic rings. The third-order valence-corrected chi connectivity index (χ3v) is 1.23. The molecule has 54 valence electrons. The minimum Gasteiger partial charge on any atom is -0.347 e. The molecule has 0 aromatic carbocycles. The maximum absolute atomic E-state index is 5.37. The molecule has 0 saturated heterocycles. The highest BCUT2D eigenvalue weighted by molar-refractivity contribution is 5.34. The first-order valence-corrected chi connectivity index (χ1v) is 3.02. The summed E-state index contributed by atoms with van der Waals surface area (Å²) in [6.45, 7) is 0.469. The molecule has 0 radical (unpaired) electrons. The molecule has 4 heteroatoms. The van der Waals surface area contributed by atoms with Crippen LogP contribution in [0.4, 0.5) is 5.82 Å². The first kappa shape index (κ1) is 6.95. The van der Waals surface area contributed by atoms with E-state index >= 15 is 0 Å². The molecular weight excluding hydrogens is 128 g/mol. The highest BCUT2D eigenvalue weighted by atomic mass is 15.2. The minimum absolute atomic E-state index is 0.469. The summed E-state index contributed by atoms with van der Waals surface area (Å²) in [7, 11) is 1.88. The zero-order chi connectivity index (χ0) is 7.40. The predicted molar refractivity (Wildman–Crippen MR) is 39.5 cm³/mol. The van der Waals surface area contributed by atoms with Crippen molar-refractivity contribution in [2.45, 2.75) is 0 Å². The van der Waals surface area contributed by atoms with Crippen molar-refractivity contribution in [3.63, 3.8) is 0 Å². The molecule has 0 aliphatic carbocycles. The fourth-order valence-electron chi connectivity index (χ4n) is 0.603. The van der Waals surface area contributed by atoms with Crippen LogP contribution in [0.5, 0.6) is 0 Å². The summed E-state index contributed by atoms with van der Waals surface area (Å²) in [6.07, 6.45) is 3.19. The molecule has 0 saturated carbocycles. The van der Waals surface area contributed by atoms with Gasteiger partial charge in [0.1, 0.15) is 12.1 Å². The van der Waals surface area contributed by atoms with Crippen LogP contribution in [-0.2, 0) is 0 Å². The molecule has 0 fully saturated rings. The molecule has 0 amide bonds. The van der Waals surface area contributed by atoms with Gasteiger partial charge in [0.2, 0.25) is 0 Å². The molecule has 0 atom stereocenters. The predicted octanol–water partition coefficient (Wildman–Crippen LogP) is -0.171. The summed E-state index contributed by atoms with van der Waals surface area (Å²) in [5, 5.41) is 0. The average molecular weight is 138 g/mol. The van der Waals surface area contributed by atoms with Crippen LogP contribution < -0.4 is 10.6 Å². The number of hydrogen-bond donors (Lipinski definition) is 1. The molecule has 1 heterocycles. The number of hydrogen-bond acceptors (Lipinski definition) is 4. The van der Waals surface area contributed by atoms with Crippen molar-refractivity contribution in [2.24, 2.45) is 5.73 Å². The van der Waals surface area contributed by atoms with Gasteiger partial charge in [-0.05, 0) is 6.07 Å². The Labute approximate surface area is 59.7 Å². The van der Waals surface area contributed by atoms with E-state index in [0.29, 0.717) is 6.67 Å². The van der Waals surface area contributed by atoms with Crippen LogP contribution in [0.3, 0.4) is 0 Å². The Morgan fingerprint density at radius 1 is 1.70 bits per heavy atom. The normalized spacial score (nSPS) is 9.40. The van der Waals surface area contributed by atoms with E-state index in [4.69, 9.17) is 5.73 Å². The molecule has 0 bridgehead atoms. The zero-order valence-corrected chi connectivity index (χ0v) is 5.86. The number of nitrogens with zero attached hydrogens (tertiary/aromatic N) is 3. The Morgan fingerprint density at radius 3 is 3.00 bits per heavy atom. The van der Waals surface area contributed by atoms with Crippen LogP contribution in [0.15, 0.2) is 18.6 Å². The van der Waals surface area contributed by atoms with Gasteiger partial charge in [0, 0.05) is 13.2 Å². The topological polar surface area (TPSA) is 55.0 Å². The van der Waals surface area contributed by atoms with Gasteiger partial charge in [0.15, 0.2) is 0 Å². The molecule has 1 rings (SSSR count). The monoisotopic (exact) mass is 138 g/mol. The van der Waals surface area contributed by atoms with Crippen molar-refractivity contribution in [3.8, 4) is 0 Å². The van der Waals surface area contributed by atoms with E-state index in [0.717, 1.165) is 5.82 Å². The molecule has 0 spiro atoms. The number of anilines is 1. The molecule has 1 aromatic heterocycles. The van der Waals surface area contributed by atoms with Crippen LogP contribution in [0.1, 0.15) is 0 Å². The van der Waals surface area contributed by atoms with Crippen LogP contribution in [0.25, 0.3) is 0 Å². The highest BCUT2D eigenvalue weighted by Gasteiger charge is 1.95. The largest absolute Gasteiger partial charge is 0.347 e. The third kappa shape index (κ3) is 1.41. The third-order valence-electron chi connectivity index (χ3n) is 1.23. The summed E-state index contributed by atoms with van der Waals surface area (Å²) in [4.78, 5) is 9.60. The standard InChI is InChI=1S/C6H10N4/c1-10(4-7)6-2-3-8-5-9-6/h2-3,5H,4,7H2,1H3. The lowest BCUT2D eigenvalue weighted by atomic mass is 10.5. The Morgan fingerprint density at radius 2 is 2.50 bits per heavy atom. The SMILES string of the molecule is CN(CN)c1ccncn1. The van der Waals surface area contributed by atoms with Gasteiger partial charge in [0.05, 0.1) is 6.67 Å². The van der Waals surface area contributed by atoms with Crippen molar-refractivity contribution in [1.29, 1.82) is 0 Å². The summed E-state index contributed by atoms with van der Waals surface area (Å²) in [6, 6.07) is 1.81. The lowest BCUT2D eigenvalue weighted by Crippen LogP contribution is -2.25. The first-order valence-electron chi connectivity index (χ1n) is 3.02. The fraction of sp³-hybridized carbons (Fsp3) is 0.333. The van der Waals surface area contributed by atoms with Crippen molar-refractivity contribution in [1.82, 2.24) is 9.97 Å². The summed E-state index contributed by atoms with van der Waals surface area (Å²) in [5.41, 5.74) is 5.37. The maximum Gasteiger partial charge on any atom is 0.132 e. The first-order chi connectivity index (χ1) is 4.84.